The Kier molecular flexibility index (Phi) is 10.8. The number of halogens is 3. The van der Waals surface area contributed by atoms with Gasteiger partial charge in [-0.1, -0.05) is 53.2 Å². The van der Waals surface area contributed by atoms with Crippen LogP contribution in [-0.2, 0) is 35.3 Å². The molecule has 0 radical (unpaired) electrons. The van der Waals surface area contributed by atoms with Crippen molar-refractivity contribution < 1.29 is 41.9 Å². The van der Waals surface area contributed by atoms with Crippen molar-refractivity contribution in [2.75, 3.05) is 24.3 Å². The summed E-state index contributed by atoms with van der Waals surface area (Å²) in [6.45, 7) is 1.73. The first-order valence-electron chi connectivity index (χ1n) is 15.3. The molecule has 0 atom stereocenters. The van der Waals surface area contributed by atoms with Crippen molar-refractivity contribution >= 4 is 29.2 Å². The van der Waals surface area contributed by atoms with Crippen LogP contribution in [0.25, 0.3) is 11.4 Å². The van der Waals surface area contributed by atoms with Crippen LogP contribution in [0.4, 0.5) is 24.5 Å². The van der Waals surface area contributed by atoms with E-state index < -0.39 is 42.5 Å². The first kappa shape index (κ1) is 35.1. The quantitative estimate of drug-likeness (QED) is 0.125. The number of alkyl halides is 3. The second-order valence-corrected chi connectivity index (χ2v) is 11.3. The summed E-state index contributed by atoms with van der Waals surface area (Å²) in [5.41, 5.74) is 2.54. The van der Waals surface area contributed by atoms with Crippen LogP contribution < -0.4 is 15.4 Å². The van der Waals surface area contributed by atoms with Crippen molar-refractivity contribution in [3.8, 4) is 17.1 Å². The zero-order valence-electron chi connectivity index (χ0n) is 27.0. The molecule has 1 heterocycles. The van der Waals surface area contributed by atoms with E-state index in [-0.39, 0.29) is 29.1 Å². The monoisotopic (exact) mass is 687 g/mol. The predicted molar refractivity (Wildman–Crippen MR) is 177 cm³/mol. The topological polar surface area (TPSA) is 147 Å². The van der Waals surface area contributed by atoms with E-state index in [1.807, 2.05) is 31.2 Å². The van der Waals surface area contributed by atoms with Crippen LogP contribution >= 0.6 is 0 Å². The van der Waals surface area contributed by atoms with Crippen LogP contribution in [0.15, 0.2) is 95.5 Å². The maximum atomic E-state index is 13.5. The summed E-state index contributed by atoms with van der Waals surface area (Å²) in [4.78, 5) is 43.1. The van der Waals surface area contributed by atoms with E-state index in [2.05, 4.69) is 20.8 Å². The number of rotatable bonds is 13. The molecule has 3 N–H and O–H groups in total. The van der Waals surface area contributed by atoms with Gasteiger partial charge in [0.15, 0.2) is 0 Å². The average molecular weight is 688 g/mol. The molecule has 0 unspecified atom stereocenters. The fourth-order valence-corrected chi connectivity index (χ4v) is 4.99. The Morgan fingerprint density at radius 3 is 2.24 bits per heavy atom. The van der Waals surface area contributed by atoms with Gasteiger partial charge in [-0.2, -0.15) is 18.2 Å². The van der Waals surface area contributed by atoms with Gasteiger partial charge < -0.3 is 29.9 Å². The number of carbonyl (C=O) groups is 3. The second-order valence-electron chi connectivity index (χ2n) is 11.3. The maximum absolute atomic E-state index is 13.5. The number of aliphatic carboxylic acids is 1. The van der Waals surface area contributed by atoms with Crippen LogP contribution in [0, 0.1) is 6.92 Å². The van der Waals surface area contributed by atoms with E-state index >= 15 is 0 Å². The smallest absolute Gasteiger partial charge is 0.416 e. The van der Waals surface area contributed by atoms with E-state index in [9.17, 15) is 32.7 Å². The van der Waals surface area contributed by atoms with E-state index in [0.29, 0.717) is 29.4 Å². The Balaban J connectivity index is 1.20. The lowest BCUT2D eigenvalue weighted by Gasteiger charge is -2.21. The number of amides is 2. The van der Waals surface area contributed by atoms with Crippen molar-refractivity contribution in [2.24, 2.45) is 0 Å². The van der Waals surface area contributed by atoms with Gasteiger partial charge in [-0.25, -0.2) is 0 Å². The molecule has 0 bridgehead atoms. The van der Waals surface area contributed by atoms with Gasteiger partial charge in [0.2, 0.25) is 17.6 Å². The lowest BCUT2D eigenvalue weighted by molar-refractivity contribution is -0.139. The number of ether oxygens (including phenoxy) is 1. The third kappa shape index (κ3) is 9.24. The molecule has 50 heavy (non-hydrogen) atoms. The Labute approximate surface area is 284 Å². The van der Waals surface area contributed by atoms with Gasteiger partial charge in [0.25, 0.3) is 5.91 Å². The fraction of sp³-hybridized carbons (Fsp3) is 0.194. The summed E-state index contributed by atoms with van der Waals surface area (Å²) in [6, 6.07) is 23.8. The SMILES string of the molecule is COc1ccc(CC(=O)Nc2ccc(C(=O)N(CC(=O)O)Cc3ccc(-c4noc(CNc5ccc(C)cc5)n4)cc3)cc2)c(C(F)(F)F)c1. The zero-order chi connectivity index (χ0) is 35.8. The summed E-state index contributed by atoms with van der Waals surface area (Å²) in [6.07, 6.45) is -5.24. The number of benzene rings is 4. The van der Waals surface area contributed by atoms with E-state index in [1.54, 1.807) is 24.3 Å². The van der Waals surface area contributed by atoms with Crippen LogP contribution in [-0.4, -0.2) is 51.6 Å². The molecule has 0 saturated carbocycles. The molecule has 0 saturated heterocycles. The molecule has 14 heteroatoms. The minimum atomic E-state index is -4.69. The number of carbonyl (C=O) groups excluding carboxylic acids is 2. The standard InChI is InChI=1S/C36H32F3N5O6/c1-22-3-12-27(13-4-22)40-19-32-42-34(43-50-32)24-7-5-23(6-8-24)20-44(21-33(46)47)35(48)25-9-14-28(15-10-25)41-31(45)17-26-11-16-29(49-2)18-30(26)36(37,38)39/h3-16,18,40H,17,19-21H2,1-2H3,(H,41,45)(H,46,47). The van der Waals surface area contributed by atoms with Crippen molar-refractivity contribution in [3.05, 3.63) is 125 Å². The third-order valence-corrected chi connectivity index (χ3v) is 7.55. The highest BCUT2D eigenvalue weighted by Gasteiger charge is 2.34. The molecule has 0 fully saturated rings. The number of aromatic nitrogens is 2. The van der Waals surface area contributed by atoms with Gasteiger partial charge in [-0.15, -0.1) is 0 Å². The largest absolute Gasteiger partial charge is 0.497 e. The molecule has 1 aromatic heterocycles. The normalized spacial score (nSPS) is 11.1. The number of anilines is 2. The minimum absolute atomic E-state index is 0.0105. The second kappa shape index (κ2) is 15.4. The van der Waals surface area contributed by atoms with Crippen molar-refractivity contribution in [1.82, 2.24) is 15.0 Å². The number of carboxylic acid groups (broad SMARTS) is 1. The Bertz CT molecular complexity index is 1960. The average Bonchev–Trinajstić information content (AvgIpc) is 3.57. The third-order valence-electron chi connectivity index (χ3n) is 7.55. The van der Waals surface area contributed by atoms with Crippen LogP contribution in [0.5, 0.6) is 5.75 Å². The molecule has 0 aliphatic carbocycles. The number of nitrogens with zero attached hydrogens (tertiary/aromatic N) is 3. The molecular formula is C36H32F3N5O6. The van der Waals surface area contributed by atoms with Crippen LogP contribution in [0.1, 0.15) is 38.5 Å². The number of hydrogen-bond donors (Lipinski definition) is 3. The molecule has 0 spiro atoms. The van der Waals surface area contributed by atoms with Gasteiger partial charge in [-0.3, -0.25) is 14.4 Å². The number of aryl methyl sites for hydroxylation is 1. The molecule has 258 valence electrons. The lowest BCUT2D eigenvalue weighted by Crippen LogP contribution is -2.35. The number of nitrogens with one attached hydrogen (secondary N) is 2. The summed E-state index contributed by atoms with van der Waals surface area (Å²) in [7, 11) is 1.25. The van der Waals surface area contributed by atoms with Gasteiger partial charge in [0, 0.05) is 29.0 Å². The highest BCUT2D eigenvalue weighted by atomic mass is 19.4. The number of methoxy groups -OCH3 is 1. The Morgan fingerprint density at radius 1 is 0.920 bits per heavy atom. The summed E-state index contributed by atoms with van der Waals surface area (Å²) < 4.78 is 50.9. The van der Waals surface area contributed by atoms with E-state index in [1.165, 1.54) is 43.5 Å². The van der Waals surface area contributed by atoms with Crippen molar-refractivity contribution in [2.45, 2.75) is 32.6 Å². The lowest BCUT2D eigenvalue weighted by atomic mass is 10.0. The Hall–Kier alpha value is -6.18. The minimum Gasteiger partial charge on any atom is -0.497 e. The molecule has 5 aromatic rings. The molecule has 5 rings (SSSR count). The van der Waals surface area contributed by atoms with Gasteiger partial charge in [0.1, 0.15) is 12.3 Å². The first-order chi connectivity index (χ1) is 23.9. The van der Waals surface area contributed by atoms with Crippen LogP contribution in [0.2, 0.25) is 0 Å². The van der Waals surface area contributed by atoms with Gasteiger partial charge >= 0.3 is 12.1 Å². The van der Waals surface area contributed by atoms with Crippen molar-refractivity contribution in [1.29, 1.82) is 0 Å². The molecular weight excluding hydrogens is 655 g/mol. The number of carboxylic acids is 1. The Morgan fingerprint density at radius 2 is 1.60 bits per heavy atom. The molecule has 11 nitrogen and oxygen atoms in total. The summed E-state index contributed by atoms with van der Waals surface area (Å²) in [5, 5.41) is 19.3. The van der Waals surface area contributed by atoms with Gasteiger partial charge in [-0.05, 0) is 66.6 Å². The van der Waals surface area contributed by atoms with E-state index in [0.717, 1.165) is 22.2 Å². The predicted octanol–water partition coefficient (Wildman–Crippen LogP) is 6.59. The maximum Gasteiger partial charge on any atom is 0.416 e. The van der Waals surface area contributed by atoms with Crippen molar-refractivity contribution in [3.63, 3.8) is 0 Å². The highest BCUT2D eigenvalue weighted by molar-refractivity contribution is 5.97. The van der Waals surface area contributed by atoms with Crippen LogP contribution in [0.3, 0.4) is 0 Å². The fourth-order valence-electron chi connectivity index (χ4n) is 4.99. The molecule has 4 aromatic carbocycles. The molecule has 2 amide bonds. The molecule has 0 aliphatic rings. The first-order valence-corrected chi connectivity index (χ1v) is 15.3. The number of hydrogen-bond acceptors (Lipinski definition) is 8. The summed E-state index contributed by atoms with van der Waals surface area (Å²) >= 11 is 0. The highest BCUT2D eigenvalue weighted by Crippen LogP contribution is 2.35. The van der Waals surface area contributed by atoms with Gasteiger partial charge in [0.05, 0.1) is 25.6 Å². The zero-order valence-corrected chi connectivity index (χ0v) is 27.0. The molecule has 0 aliphatic heterocycles. The van der Waals surface area contributed by atoms with E-state index in [4.69, 9.17) is 9.26 Å². The summed E-state index contributed by atoms with van der Waals surface area (Å²) in [5.74, 6) is -1.72.